The molecule has 0 aliphatic rings. The first-order chi connectivity index (χ1) is 8.66. The fraction of sp³-hybridized carbons (Fsp3) is 0.167. The number of aryl methyl sites for hydroxylation is 2. The van der Waals surface area contributed by atoms with Gasteiger partial charge < -0.3 is 0 Å². The quantitative estimate of drug-likeness (QED) is 0.463. The zero-order chi connectivity index (χ0) is 13.0. The second-order valence-corrected chi connectivity index (χ2v) is 13.5. The van der Waals surface area contributed by atoms with Gasteiger partial charge >= 0.3 is 123 Å². The summed E-state index contributed by atoms with van der Waals surface area (Å²) in [6.45, 7) is 3.87. The van der Waals surface area contributed by atoms with Crippen molar-refractivity contribution in [3.05, 3.63) is 53.0 Å². The molecule has 0 saturated carbocycles. The van der Waals surface area contributed by atoms with E-state index in [0.717, 1.165) is 26.0 Å². The molecule has 0 aliphatic heterocycles. The molecule has 92 valence electrons. The topological polar surface area (TPSA) is 39.8 Å². The zero-order valence-electron chi connectivity index (χ0n) is 10.1. The summed E-state index contributed by atoms with van der Waals surface area (Å²) in [4.78, 5) is 4.27. The summed E-state index contributed by atoms with van der Waals surface area (Å²) < 4.78 is 1.03. The summed E-state index contributed by atoms with van der Waals surface area (Å²) in [6, 6.07) is 9.79. The van der Waals surface area contributed by atoms with Gasteiger partial charge in [-0.15, -0.1) is 0 Å². The predicted molar refractivity (Wildman–Crippen MR) is 76.6 cm³/mol. The van der Waals surface area contributed by atoms with Crippen molar-refractivity contribution in [1.29, 1.82) is 0 Å². The monoisotopic (exact) mass is 384 g/mol. The standard InChI is InChI=1S/C7H9NOS.C5H5NS.Sn/c1-5-3-6(2)8(9)7(10)4-5;7-5-3-1-2-4-6-5;/h3-4,10H,1-2H3;1-4H,(H,6,7);/q;;+2/p-2. The molecular weight excluding hydrogens is 371 g/mol. The van der Waals surface area contributed by atoms with Crippen molar-refractivity contribution in [1.82, 2.24) is 4.98 Å². The number of rotatable bonds is 4. The van der Waals surface area contributed by atoms with E-state index in [2.05, 4.69) is 4.98 Å². The first kappa shape index (κ1) is 14.0. The average molecular weight is 383 g/mol. The van der Waals surface area contributed by atoms with Crippen molar-refractivity contribution >= 4 is 36.3 Å². The van der Waals surface area contributed by atoms with Crippen LogP contribution in [0, 0.1) is 19.1 Å². The van der Waals surface area contributed by atoms with Gasteiger partial charge in [0.05, 0.1) is 0 Å². The summed E-state index contributed by atoms with van der Waals surface area (Å²) >= 11 is -0.773. The minimum absolute atomic E-state index is 0.764. The van der Waals surface area contributed by atoms with Gasteiger partial charge in [-0.25, -0.2) is 0 Å². The van der Waals surface area contributed by atoms with E-state index in [-0.39, 0.29) is 0 Å². The van der Waals surface area contributed by atoms with Gasteiger partial charge in [-0.1, -0.05) is 0 Å². The molecule has 0 aliphatic carbocycles. The Morgan fingerprint density at radius 2 is 2.06 bits per heavy atom. The molecule has 2 heterocycles. The van der Waals surface area contributed by atoms with E-state index in [1.807, 2.05) is 44.2 Å². The summed E-state index contributed by atoms with van der Waals surface area (Å²) in [5.41, 5.74) is 1.91. The molecule has 0 spiro atoms. The maximum absolute atomic E-state index is 11.9. The third-order valence-electron chi connectivity index (χ3n) is 2.24. The van der Waals surface area contributed by atoms with Crippen LogP contribution in [0.25, 0.3) is 0 Å². The Labute approximate surface area is 122 Å². The fourth-order valence-electron chi connectivity index (χ4n) is 1.44. The fourth-order valence-corrected chi connectivity index (χ4v) is 10.7. The van der Waals surface area contributed by atoms with Gasteiger partial charge in [0, 0.05) is 0 Å². The Hall–Kier alpha value is -0.401. The Kier molecular flexibility index (Phi) is 5.20. The number of pyridine rings is 2. The van der Waals surface area contributed by atoms with Gasteiger partial charge in [-0.3, -0.25) is 0 Å². The average Bonchev–Trinajstić information content (AvgIpc) is 2.36. The van der Waals surface area contributed by atoms with Crippen LogP contribution in [0.1, 0.15) is 11.3 Å². The van der Waals surface area contributed by atoms with E-state index in [4.69, 9.17) is 0 Å². The Balaban J connectivity index is 1.99. The van der Waals surface area contributed by atoms with Crippen LogP contribution in [-0.2, 0) is 0 Å². The van der Waals surface area contributed by atoms with Gasteiger partial charge in [0.1, 0.15) is 0 Å². The third-order valence-corrected chi connectivity index (χ3v) is 11.7. The van der Waals surface area contributed by atoms with E-state index >= 15 is 0 Å². The van der Waals surface area contributed by atoms with Gasteiger partial charge in [-0.2, -0.15) is 0 Å². The van der Waals surface area contributed by atoms with Crippen LogP contribution in [0.15, 0.2) is 46.6 Å². The molecule has 2 radical (unpaired) electrons. The van der Waals surface area contributed by atoms with Crippen LogP contribution in [0.3, 0.4) is 0 Å². The van der Waals surface area contributed by atoms with Crippen molar-refractivity contribution in [3.8, 4) is 0 Å². The molecule has 0 bridgehead atoms. The first-order valence-corrected chi connectivity index (χ1v) is 14.0. The van der Waals surface area contributed by atoms with Crippen LogP contribution in [-0.4, -0.2) is 23.4 Å². The molecule has 2 aromatic heterocycles. The Bertz CT molecular complexity index is 537. The molecule has 0 N–H and O–H groups in total. The molecule has 3 nitrogen and oxygen atoms in total. The summed E-state index contributed by atoms with van der Waals surface area (Å²) in [7, 11) is 3.52. The summed E-state index contributed by atoms with van der Waals surface area (Å²) in [6.07, 6.45) is 1.80. The molecule has 0 unspecified atom stereocenters. The number of hydrogen-bond acceptors (Lipinski definition) is 4. The molecule has 2 rings (SSSR count). The molecule has 6 heteroatoms. The van der Waals surface area contributed by atoms with Gasteiger partial charge in [0.2, 0.25) is 0 Å². The number of nitrogens with zero attached hydrogens (tertiary/aromatic N) is 2. The minimum atomic E-state index is -0.773. The number of aromatic nitrogens is 2. The second-order valence-electron chi connectivity index (χ2n) is 3.76. The molecule has 0 aromatic carbocycles. The van der Waals surface area contributed by atoms with Gasteiger partial charge in [0.25, 0.3) is 0 Å². The third kappa shape index (κ3) is 3.79. The van der Waals surface area contributed by atoms with Crippen molar-refractivity contribution in [2.45, 2.75) is 23.9 Å². The van der Waals surface area contributed by atoms with Gasteiger partial charge in [0.15, 0.2) is 0 Å². The second kappa shape index (κ2) is 6.67. The van der Waals surface area contributed by atoms with Crippen LogP contribution < -0.4 is 4.73 Å². The van der Waals surface area contributed by atoms with E-state index in [0.29, 0.717) is 0 Å². The van der Waals surface area contributed by atoms with Crippen molar-refractivity contribution in [2.75, 3.05) is 0 Å². The molecule has 0 amide bonds. The zero-order valence-corrected chi connectivity index (χ0v) is 14.6. The maximum atomic E-state index is 11.9. The van der Waals surface area contributed by atoms with E-state index in [9.17, 15) is 5.21 Å². The molecule has 18 heavy (non-hydrogen) atoms. The molecule has 2 aromatic rings. The summed E-state index contributed by atoms with van der Waals surface area (Å²) in [5.74, 6) is 0. The van der Waals surface area contributed by atoms with Gasteiger partial charge in [-0.05, 0) is 0 Å². The van der Waals surface area contributed by atoms with E-state index in [1.165, 1.54) is 0 Å². The molecular formula is C12H12N2OS2Sn. The molecule has 0 atom stereocenters. The number of hydrogen-bond donors (Lipinski definition) is 0. The summed E-state index contributed by atoms with van der Waals surface area (Å²) in [5, 5.41) is 13.7. The van der Waals surface area contributed by atoms with E-state index in [1.54, 1.807) is 24.1 Å². The van der Waals surface area contributed by atoms with Crippen molar-refractivity contribution in [2.24, 2.45) is 0 Å². The van der Waals surface area contributed by atoms with Crippen LogP contribution in [0.2, 0.25) is 0 Å². The first-order valence-electron chi connectivity index (χ1n) is 5.37. The van der Waals surface area contributed by atoms with Crippen LogP contribution in [0.5, 0.6) is 0 Å². The van der Waals surface area contributed by atoms with Crippen LogP contribution >= 0.6 is 17.9 Å². The molecule has 0 fully saturated rings. The van der Waals surface area contributed by atoms with Crippen molar-refractivity contribution in [3.63, 3.8) is 0 Å². The normalized spacial score (nSPS) is 10.6. The Morgan fingerprint density at radius 3 is 2.78 bits per heavy atom. The predicted octanol–water partition coefficient (Wildman–Crippen LogP) is 2.75. The SMILES string of the molecule is Cc1cc(C)[n+]([O-])c([S][Sn][S]c2ccccn2)c1. The van der Waals surface area contributed by atoms with E-state index < -0.39 is 18.4 Å². The Morgan fingerprint density at radius 1 is 1.22 bits per heavy atom. The molecule has 0 saturated heterocycles. The van der Waals surface area contributed by atoms with Crippen LogP contribution in [0.4, 0.5) is 0 Å². The van der Waals surface area contributed by atoms with Crippen molar-refractivity contribution < 1.29 is 4.73 Å².